The Morgan fingerprint density at radius 2 is 1.93 bits per heavy atom. The van der Waals surface area contributed by atoms with Gasteiger partial charge in [0, 0.05) is 45.2 Å². The first-order chi connectivity index (χ1) is 14.3. The maximum Gasteiger partial charge on any atom is 0.191 e. The summed E-state index contributed by atoms with van der Waals surface area (Å²) in [5, 5.41) is 10.8. The zero-order valence-electron chi connectivity index (χ0n) is 17.6. The van der Waals surface area contributed by atoms with Crippen LogP contribution in [0.2, 0.25) is 0 Å². The van der Waals surface area contributed by atoms with E-state index >= 15 is 0 Å². The monoisotopic (exact) mass is 540 g/mol. The van der Waals surface area contributed by atoms with Gasteiger partial charge in [-0.15, -0.1) is 35.3 Å². The molecule has 2 aliphatic heterocycles. The smallest absolute Gasteiger partial charge is 0.191 e. The fraction of sp³-hybridized carbons (Fsp3) is 0.522. The summed E-state index contributed by atoms with van der Waals surface area (Å²) in [4.78, 5) is 6.96. The summed E-state index contributed by atoms with van der Waals surface area (Å²) in [7, 11) is 1.86. The van der Waals surface area contributed by atoms with Gasteiger partial charge in [-0.3, -0.25) is 4.99 Å². The average molecular weight is 541 g/mol. The molecule has 0 bridgehead atoms. The van der Waals surface area contributed by atoms with E-state index in [1.165, 1.54) is 17.0 Å². The Labute approximate surface area is 201 Å². The van der Waals surface area contributed by atoms with Crippen molar-refractivity contribution in [3.8, 4) is 0 Å². The molecule has 0 aliphatic carbocycles. The third-order valence-corrected chi connectivity index (χ3v) is 6.91. The first-order valence-corrected chi connectivity index (χ1v) is 11.6. The number of halogens is 1. The van der Waals surface area contributed by atoms with Crippen molar-refractivity contribution < 1.29 is 4.74 Å². The Morgan fingerprint density at radius 1 is 1.13 bits per heavy atom. The number of ether oxygens (including phenoxy) is 1. The highest BCUT2D eigenvalue weighted by Gasteiger charge is 2.28. The van der Waals surface area contributed by atoms with Crippen LogP contribution in [-0.2, 0) is 4.74 Å². The Balaban J connectivity index is 0.00000256. The lowest BCUT2D eigenvalue weighted by Crippen LogP contribution is -2.49. The molecule has 0 spiro atoms. The van der Waals surface area contributed by atoms with Gasteiger partial charge in [-0.1, -0.05) is 30.3 Å². The number of hydrogen-bond acceptors (Lipinski definition) is 4. The van der Waals surface area contributed by atoms with Gasteiger partial charge in [0.25, 0.3) is 0 Å². The van der Waals surface area contributed by atoms with Crippen LogP contribution in [0.3, 0.4) is 0 Å². The van der Waals surface area contributed by atoms with E-state index in [1.54, 1.807) is 0 Å². The summed E-state index contributed by atoms with van der Waals surface area (Å²) >= 11 is 1.83. The maximum atomic E-state index is 6.13. The van der Waals surface area contributed by atoms with Crippen LogP contribution >= 0.6 is 35.3 Å². The topological polar surface area (TPSA) is 48.9 Å². The summed E-state index contributed by atoms with van der Waals surface area (Å²) in [5.74, 6) is 1.38. The Kier molecular flexibility index (Phi) is 9.27. The molecule has 4 rings (SSSR count). The zero-order valence-corrected chi connectivity index (χ0v) is 20.8. The Morgan fingerprint density at radius 3 is 2.63 bits per heavy atom. The fourth-order valence-electron chi connectivity index (χ4n) is 4.37. The van der Waals surface area contributed by atoms with E-state index in [-0.39, 0.29) is 30.1 Å². The van der Waals surface area contributed by atoms with Crippen molar-refractivity contribution >= 4 is 46.3 Å². The number of nitrogens with zero attached hydrogens (tertiary/aromatic N) is 2. The van der Waals surface area contributed by atoms with Gasteiger partial charge < -0.3 is 20.3 Å². The molecule has 0 radical (unpaired) electrons. The largest absolute Gasteiger partial charge is 0.373 e. The number of nitrogens with one attached hydrogen (secondary N) is 2. The van der Waals surface area contributed by atoms with Crippen molar-refractivity contribution in [2.45, 2.75) is 37.8 Å². The molecule has 2 aliphatic rings. The number of piperidine rings is 1. The third kappa shape index (κ3) is 6.11. The second-order valence-electron chi connectivity index (χ2n) is 7.91. The van der Waals surface area contributed by atoms with Gasteiger partial charge in [-0.05, 0) is 48.8 Å². The lowest BCUT2D eigenvalue weighted by atomic mass is 9.89. The first kappa shape index (κ1) is 23.3. The molecule has 0 amide bonds. The Hall–Kier alpha value is -1.32. The molecular formula is C23H33IN4OS. The van der Waals surface area contributed by atoms with E-state index < -0.39 is 0 Å². The summed E-state index contributed by atoms with van der Waals surface area (Å²) in [5.41, 5.74) is 1.28. The molecule has 0 saturated carbocycles. The van der Waals surface area contributed by atoms with Crippen LogP contribution in [-0.4, -0.2) is 45.3 Å². The van der Waals surface area contributed by atoms with Gasteiger partial charge in [0.05, 0.1) is 11.1 Å². The summed E-state index contributed by atoms with van der Waals surface area (Å²) in [6.07, 6.45) is 4.76. The van der Waals surface area contributed by atoms with E-state index in [4.69, 9.17) is 4.74 Å². The summed E-state index contributed by atoms with van der Waals surface area (Å²) in [6.45, 7) is 3.93. The fourth-order valence-corrected chi connectivity index (χ4v) is 5.16. The molecule has 1 aromatic carbocycles. The SMILES string of the molecule is CN=C(NCC1CCCOC1c1ccccc1)NC1CCN(c2cccs2)CC1.I. The number of benzene rings is 1. The highest BCUT2D eigenvalue weighted by molar-refractivity contribution is 14.0. The molecule has 2 fully saturated rings. The highest BCUT2D eigenvalue weighted by Crippen LogP contribution is 2.33. The quantitative estimate of drug-likeness (QED) is 0.329. The molecule has 7 heteroatoms. The predicted molar refractivity (Wildman–Crippen MR) is 137 cm³/mol. The van der Waals surface area contributed by atoms with Crippen molar-refractivity contribution in [1.82, 2.24) is 10.6 Å². The van der Waals surface area contributed by atoms with E-state index in [9.17, 15) is 0 Å². The van der Waals surface area contributed by atoms with Crippen LogP contribution in [0.1, 0.15) is 37.4 Å². The molecule has 2 atom stereocenters. The predicted octanol–water partition coefficient (Wildman–Crippen LogP) is 4.67. The normalized spacial score (nSPS) is 23.0. The third-order valence-electron chi connectivity index (χ3n) is 5.98. The molecule has 2 saturated heterocycles. The highest BCUT2D eigenvalue weighted by atomic mass is 127. The Bertz CT molecular complexity index is 763. The van der Waals surface area contributed by atoms with Gasteiger partial charge in [0.1, 0.15) is 0 Å². The number of aliphatic imine (C=N–C) groups is 1. The zero-order chi connectivity index (χ0) is 19.9. The first-order valence-electron chi connectivity index (χ1n) is 10.8. The van der Waals surface area contributed by atoms with E-state index in [0.717, 1.165) is 51.5 Å². The number of rotatable bonds is 5. The number of anilines is 1. The van der Waals surface area contributed by atoms with Crippen LogP contribution in [0, 0.1) is 5.92 Å². The minimum absolute atomic E-state index is 0. The van der Waals surface area contributed by atoms with Crippen LogP contribution < -0.4 is 15.5 Å². The van der Waals surface area contributed by atoms with E-state index in [0.29, 0.717) is 12.0 Å². The van der Waals surface area contributed by atoms with Crippen LogP contribution in [0.25, 0.3) is 0 Å². The van der Waals surface area contributed by atoms with Crippen molar-refractivity contribution in [2.75, 3.05) is 38.2 Å². The van der Waals surface area contributed by atoms with Gasteiger partial charge in [0.2, 0.25) is 0 Å². The van der Waals surface area contributed by atoms with E-state index in [2.05, 4.69) is 68.4 Å². The van der Waals surface area contributed by atoms with Gasteiger partial charge in [0.15, 0.2) is 5.96 Å². The molecule has 30 heavy (non-hydrogen) atoms. The number of thiophene rings is 1. The van der Waals surface area contributed by atoms with Crippen molar-refractivity contribution in [2.24, 2.45) is 10.9 Å². The van der Waals surface area contributed by atoms with Crippen LogP contribution in [0.4, 0.5) is 5.00 Å². The molecule has 164 valence electrons. The molecule has 2 aromatic rings. The lowest BCUT2D eigenvalue weighted by molar-refractivity contribution is -0.0265. The second kappa shape index (κ2) is 11.9. The van der Waals surface area contributed by atoms with Gasteiger partial charge >= 0.3 is 0 Å². The average Bonchev–Trinajstić information content (AvgIpc) is 3.33. The van der Waals surface area contributed by atoms with Gasteiger partial charge in [-0.25, -0.2) is 0 Å². The van der Waals surface area contributed by atoms with Crippen molar-refractivity contribution in [3.63, 3.8) is 0 Å². The number of hydrogen-bond donors (Lipinski definition) is 2. The standard InChI is InChI=1S/C23H32N4OS.HI/c1-24-23(26-20-11-13-27(14-12-20)21-10-6-16-29-21)25-17-19-9-5-15-28-22(19)18-7-3-2-4-8-18;/h2-4,6-8,10,16,19-20,22H,5,9,11-15,17H2,1H3,(H2,24,25,26);1H. The maximum absolute atomic E-state index is 6.13. The van der Waals surface area contributed by atoms with Crippen molar-refractivity contribution in [3.05, 3.63) is 53.4 Å². The lowest BCUT2D eigenvalue weighted by Gasteiger charge is -2.35. The molecule has 2 unspecified atom stereocenters. The molecule has 3 heterocycles. The van der Waals surface area contributed by atoms with E-state index in [1.807, 2.05) is 18.4 Å². The van der Waals surface area contributed by atoms with Crippen LogP contribution in [0.5, 0.6) is 0 Å². The molecule has 5 nitrogen and oxygen atoms in total. The molecule has 2 N–H and O–H groups in total. The van der Waals surface area contributed by atoms with Crippen LogP contribution in [0.15, 0.2) is 52.8 Å². The van der Waals surface area contributed by atoms with Crippen molar-refractivity contribution in [1.29, 1.82) is 0 Å². The number of guanidine groups is 1. The second-order valence-corrected chi connectivity index (χ2v) is 8.84. The summed E-state index contributed by atoms with van der Waals surface area (Å²) in [6, 6.07) is 15.4. The molecular weight excluding hydrogens is 507 g/mol. The minimum Gasteiger partial charge on any atom is -0.373 e. The summed E-state index contributed by atoms with van der Waals surface area (Å²) < 4.78 is 6.13. The molecule has 1 aromatic heterocycles. The van der Waals surface area contributed by atoms with Gasteiger partial charge in [-0.2, -0.15) is 0 Å². The minimum atomic E-state index is 0.